The number of halogens is 1. The van der Waals surface area contributed by atoms with Crippen LogP contribution >= 0.6 is 0 Å². The van der Waals surface area contributed by atoms with Crippen molar-refractivity contribution in [1.29, 1.82) is 0 Å². The van der Waals surface area contributed by atoms with Crippen LogP contribution in [0.1, 0.15) is 18.4 Å². The standard InChI is InChI=1S/C13H12FN3O/c14-10-3-1-9(2-4-10)13(5-6-13)12(18)17-11-7-15-16-8-11/h1-4,7-8H,5-6H2,(H,15,16)(H,17,18). The summed E-state index contributed by atoms with van der Waals surface area (Å²) in [6, 6.07) is 6.13. The molecule has 1 aromatic heterocycles. The van der Waals surface area contributed by atoms with Crippen molar-refractivity contribution in [2.75, 3.05) is 5.32 Å². The summed E-state index contributed by atoms with van der Waals surface area (Å²) in [6.07, 6.45) is 4.77. The highest BCUT2D eigenvalue weighted by molar-refractivity contribution is 6.01. The van der Waals surface area contributed by atoms with E-state index in [4.69, 9.17) is 0 Å². The number of carbonyl (C=O) groups is 1. The minimum absolute atomic E-state index is 0.0597. The molecule has 1 fully saturated rings. The lowest BCUT2D eigenvalue weighted by Crippen LogP contribution is -2.27. The van der Waals surface area contributed by atoms with Crippen LogP contribution in [0.15, 0.2) is 36.7 Å². The lowest BCUT2D eigenvalue weighted by atomic mass is 9.95. The van der Waals surface area contributed by atoms with Crippen molar-refractivity contribution in [3.05, 3.63) is 48.0 Å². The Kier molecular flexibility index (Phi) is 2.40. The van der Waals surface area contributed by atoms with E-state index in [2.05, 4.69) is 15.5 Å². The number of benzene rings is 1. The molecule has 3 rings (SSSR count). The van der Waals surface area contributed by atoms with Crippen molar-refractivity contribution in [3.63, 3.8) is 0 Å². The summed E-state index contributed by atoms with van der Waals surface area (Å²) in [6.45, 7) is 0. The van der Waals surface area contributed by atoms with Gasteiger partial charge in [-0.05, 0) is 30.5 Å². The van der Waals surface area contributed by atoms with E-state index in [-0.39, 0.29) is 11.7 Å². The monoisotopic (exact) mass is 245 g/mol. The van der Waals surface area contributed by atoms with E-state index in [1.165, 1.54) is 12.1 Å². The fourth-order valence-electron chi connectivity index (χ4n) is 2.11. The Morgan fingerprint density at radius 1 is 1.33 bits per heavy atom. The van der Waals surface area contributed by atoms with Crippen LogP contribution in [0.5, 0.6) is 0 Å². The fourth-order valence-corrected chi connectivity index (χ4v) is 2.11. The third kappa shape index (κ3) is 1.77. The fraction of sp³-hybridized carbons (Fsp3) is 0.231. The first-order valence-corrected chi connectivity index (χ1v) is 5.77. The Hall–Kier alpha value is -2.17. The second-order valence-corrected chi connectivity index (χ2v) is 4.53. The van der Waals surface area contributed by atoms with E-state index in [1.807, 2.05) is 0 Å². The highest BCUT2D eigenvalue weighted by atomic mass is 19.1. The molecule has 2 aromatic rings. The number of amides is 1. The number of anilines is 1. The Bertz CT molecular complexity index is 558. The summed E-state index contributed by atoms with van der Waals surface area (Å²) in [5.41, 5.74) is 1.02. The van der Waals surface area contributed by atoms with Gasteiger partial charge in [-0.15, -0.1) is 0 Å². The molecule has 5 heteroatoms. The largest absolute Gasteiger partial charge is 0.323 e. The van der Waals surface area contributed by atoms with Crippen LogP contribution < -0.4 is 5.32 Å². The summed E-state index contributed by atoms with van der Waals surface area (Å²) in [7, 11) is 0. The summed E-state index contributed by atoms with van der Waals surface area (Å²) >= 11 is 0. The highest BCUT2D eigenvalue weighted by Crippen LogP contribution is 2.48. The molecule has 1 amide bonds. The second kappa shape index (κ2) is 3.94. The Balaban J connectivity index is 1.82. The third-order valence-electron chi connectivity index (χ3n) is 3.34. The number of hydrogen-bond acceptors (Lipinski definition) is 2. The Morgan fingerprint density at radius 3 is 2.61 bits per heavy atom. The van der Waals surface area contributed by atoms with Gasteiger partial charge in [0, 0.05) is 6.20 Å². The maximum absolute atomic E-state index is 12.9. The molecule has 0 bridgehead atoms. The Labute approximate surface area is 103 Å². The highest BCUT2D eigenvalue weighted by Gasteiger charge is 2.51. The minimum Gasteiger partial charge on any atom is -0.323 e. The van der Waals surface area contributed by atoms with Crippen LogP contribution in [0.2, 0.25) is 0 Å². The summed E-state index contributed by atoms with van der Waals surface area (Å²) < 4.78 is 12.9. The van der Waals surface area contributed by atoms with Crippen molar-refractivity contribution >= 4 is 11.6 Å². The van der Waals surface area contributed by atoms with E-state index in [9.17, 15) is 9.18 Å². The van der Waals surface area contributed by atoms with Gasteiger partial charge in [0.25, 0.3) is 0 Å². The molecular formula is C13H12FN3O. The van der Waals surface area contributed by atoms with Crippen molar-refractivity contribution < 1.29 is 9.18 Å². The van der Waals surface area contributed by atoms with E-state index >= 15 is 0 Å². The van der Waals surface area contributed by atoms with Crippen molar-refractivity contribution in [2.24, 2.45) is 0 Å². The normalized spacial score (nSPS) is 16.3. The van der Waals surface area contributed by atoms with E-state index in [0.29, 0.717) is 5.69 Å². The van der Waals surface area contributed by atoms with E-state index < -0.39 is 5.41 Å². The molecule has 1 saturated carbocycles. The summed E-state index contributed by atoms with van der Waals surface area (Å²) in [4.78, 5) is 12.2. The van der Waals surface area contributed by atoms with Crippen molar-refractivity contribution in [1.82, 2.24) is 10.2 Å². The average Bonchev–Trinajstić information content (AvgIpc) is 3.03. The van der Waals surface area contributed by atoms with Gasteiger partial charge < -0.3 is 5.32 Å². The van der Waals surface area contributed by atoms with E-state index in [1.54, 1.807) is 24.5 Å². The molecule has 0 radical (unpaired) electrons. The molecule has 1 aromatic carbocycles. The molecule has 18 heavy (non-hydrogen) atoms. The van der Waals surface area contributed by atoms with Gasteiger partial charge in [0.1, 0.15) is 5.82 Å². The minimum atomic E-state index is -0.495. The molecule has 0 unspecified atom stereocenters. The third-order valence-corrected chi connectivity index (χ3v) is 3.34. The molecule has 0 aliphatic heterocycles. The molecule has 1 heterocycles. The first kappa shape index (κ1) is 11.0. The van der Waals surface area contributed by atoms with Crippen LogP contribution in [0.3, 0.4) is 0 Å². The molecule has 4 nitrogen and oxygen atoms in total. The topological polar surface area (TPSA) is 57.8 Å². The van der Waals surface area contributed by atoms with Gasteiger partial charge in [-0.1, -0.05) is 12.1 Å². The van der Waals surface area contributed by atoms with Crippen LogP contribution in [0.25, 0.3) is 0 Å². The quantitative estimate of drug-likeness (QED) is 0.871. The van der Waals surface area contributed by atoms with Crippen LogP contribution in [-0.2, 0) is 10.2 Å². The van der Waals surface area contributed by atoms with Crippen molar-refractivity contribution in [3.8, 4) is 0 Å². The predicted octanol–water partition coefficient (Wildman–Crippen LogP) is 2.22. The van der Waals surface area contributed by atoms with Gasteiger partial charge in [0.05, 0.1) is 17.3 Å². The number of rotatable bonds is 3. The Morgan fingerprint density at radius 2 is 2.06 bits per heavy atom. The van der Waals surface area contributed by atoms with E-state index in [0.717, 1.165) is 18.4 Å². The smallest absolute Gasteiger partial charge is 0.235 e. The second-order valence-electron chi connectivity index (χ2n) is 4.53. The van der Waals surface area contributed by atoms with Crippen LogP contribution in [0, 0.1) is 5.82 Å². The first-order chi connectivity index (χ1) is 8.71. The van der Waals surface area contributed by atoms with Gasteiger partial charge >= 0.3 is 0 Å². The zero-order chi connectivity index (χ0) is 12.6. The number of nitrogens with one attached hydrogen (secondary N) is 2. The van der Waals surface area contributed by atoms with Gasteiger partial charge in [0.2, 0.25) is 5.91 Å². The maximum Gasteiger partial charge on any atom is 0.235 e. The molecule has 2 N–H and O–H groups in total. The van der Waals surface area contributed by atoms with Crippen LogP contribution in [-0.4, -0.2) is 16.1 Å². The van der Waals surface area contributed by atoms with Gasteiger partial charge in [-0.2, -0.15) is 5.10 Å². The molecule has 92 valence electrons. The molecule has 0 atom stereocenters. The molecule has 0 spiro atoms. The molecular weight excluding hydrogens is 233 g/mol. The van der Waals surface area contributed by atoms with Gasteiger partial charge in [-0.25, -0.2) is 4.39 Å². The number of carbonyl (C=O) groups excluding carboxylic acids is 1. The number of aromatic nitrogens is 2. The van der Waals surface area contributed by atoms with Crippen LogP contribution in [0.4, 0.5) is 10.1 Å². The zero-order valence-corrected chi connectivity index (χ0v) is 9.61. The number of H-pyrrole nitrogens is 1. The predicted molar refractivity (Wildman–Crippen MR) is 64.5 cm³/mol. The maximum atomic E-state index is 12.9. The lowest BCUT2D eigenvalue weighted by Gasteiger charge is -2.14. The molecule has 0 saturated heterocycles. The zero-order valence-electron chi connectivity index (χ0n) is 9.61. The molecule has 1 aliphatic rings. The summed E-state index contributed by atoms with van der Waals surface area (Å²) in [5, 5.41) is 9.22. The average molecular weight is 245 g/mol. The summed E-state index contributed by atoms with van der Waals surface area (Å²) in [5.74, 6) is -0.347. The SMILES string of the molecule is O=C(Nc1cn[nH]c1)C1(c2ccc(F)cc2)CC1. The number of nitrogens with zero attached hydrogens (tertiary/aromatic N) is 1. The number of aromatic amines is 1. The van der Waals surface area contributed by atoms with Crippen molar-refractivity contribution in [2.45, 2.75) is 18.3 Å². The molecule has 1 aliphatic carbocycles. The number of hydrogen-bond donors (Lipinski definition) is 2. The lowest BCUT2D eigenvalue weighted by molar-refractivity contribution is -0.118. The van der Waals surface area contributed by atoms with Gasteiger partial charge in [0.15, 0.2) is 0 Å². The first-order valence-electron chi connectivity index (χ1n) is 5.77. The van der Waals surface area contributed by atoms with Gasteiger partial charge in [-0.3, -0.25) is 9.89 Å².